The summed E-state index contributed by atoms with van der Waals surface area (Å²) in [6.45, 7) is 4.72. The highest BCUT2D eigenvalue weighted by atomic mass is 32.2. The van der Waals surface area contributed by atoms with Crippen LogP contribution in [0.5, 0.6) is 0 Å². The Morgan fingerprint density at radius 1 is 1.44 bits per heavy atom. The van der Waals surface area contributed by atoms with Crippen molar-refractivity contribution in [2.45, 2.75) is 13.3 Å². The number of hydrogen-bond acceptors (Lipinski definition) is 4. The lowest BCUT2D eigenvalue weighted by Crippen LogP contribution is -2.44. The maximum Gasteiger partial charge on any atom is 0.215 e. The highest BCUT2D eigenvalue weighted by Crippen LogP contribution is 2.04. The van der Waals surface area contributed by atoms with Crippen molar-refractivity contribution in [3.05, 3.63) is 0 Å². The molecule has 8 heteroatoms. The summed E-state index contributed by atoms with van der Waals surface area (Å²) in [4.78, 5) is 4.03. The van der Waals surface area contributed by atoms with Gasteiger partial charge in [0.15, 0.2) is 5.96 Å². The van der Waals surface area contributed by atoms with Gasteiger partial charge in [0.1, 0.15) is 0 Å². The summed E-state index contributed by atoms with van der Waals surface area (Å²) >= 11 is 0. The van der Waals surface area contributed by atoms with Gasteiger partial charge in [-0.2, -0.15) is 4.31 Å². The van der Waals surface area contributed by atoms with Gasteiger partial charge in [-0.25, -0.2) is 8.42 Å². The molecule has 0 amide bonds. The third-order valence-electron chi connectivity index (χ3n) is 2.54. The molecule has 0 aliphatic carbocycles. The number of rotatable bonds is 6. The molecule has 1 aliphatic rings. The maximum atomic E-state index is 11.9. The molecule has 7 nitrogen and oxygen atoms in total. The third kappa shape index (κ3) is 5.19. The second-order valence-corrected chi connectivity index (χ2v) is 6.11. The van der Waals surface area contributed by atoms with Crippen LogP contribution in [0.1, 0.15) is 13.3 Å². The zero-order chi connectivity index (χ0) is 13.4. The minimum absolute atomic E-state index is 0.0232. The van der Waals surface area contributed by atoms with Gasteiger partial charge in [0, 0.05) is 26.2 Å². The molecule has 106 valence electrons. The largest absolute Gasteiger partial charge is 0.379 e. The first-order valence-corrected chi connectivity index (χ1v) is 7.76. The molecule has 0 aromatic heterocycles. The molecule has 1 saturated heterocycles. The molecule has 1 fully saturated rings. The van der Waals surface area contributed by atoms with Crippen molar-refractivity contribution in [3.63, 3.8) is 0 Å². The van der Waals surface area contributed by atoms with Gasteiger partial charge in [-0.15, -0.1) is 0 Å². The molecule has 0 saturated carbocycles. The van der Waals surface area contributed by atoms with E-state index in [1.807, 2.05) is 6.92 Å². The number of ether oxygens (including phenoxy) is 1. The molecule has 0 aromatic rings. The van der Waals surface area contributed by atoms with Crippen molar-refractivity contribution in [1.29, 1.82) is 0 Å². The monoisotopic (exact) mass is 278 g/mol. The predicted molar refractivity (Wildman–Crippen MR) is 71.0 cm³/mol. The Morgan fingerprint density at radius 2 is 2.11 bits per heavy atom. The van der Waals surface area contributed by atoms with E-state index < -0.39 is 10.0 Å². The highest BCUT2D eigenvalue weighted by molar-refractivity contribution is 7.89. The number of nitrogens with one attached hydrogen (secondary N) is 1. The summed E-state index contributed by atoms with van der Waals surface area (Å²) in [7, 11) is -3.22. The van der Waals surface area contributed by atoms with E-state index in [9.17, 15) is 8.42 Å². The number of nitrogens with zero attached hydrogens (tertiary/aromatic N) is 2. The van der Waals surface area contributed by atoms with Crippen molar-refractivity contribution >= 4 is 16.0 Å². The Bertz CT molecular complexity index is 363. The fourth-order valence-corrected chi connectivity index (χ4v) is 2.87. The first-order valence-electron chi connectivity index (χ1n) is 6.15. The average molecular weight is 278 g/mol. The molecule has 1 aliphatic heterocycles. The van der Waals surface area contributed by atoms with Crippen molar-refractivity contribution < 1.29 is 13.2 Å². The molecular formula is C10H22N4O3S. The van der Waals surface area contributed by atoms with Crippen LogP contribution in [0.3, 0.4) is 0 Å². The molecule has 0 aromatic carbocycles. The van der Waals surface area contributed by atoms with Gasteiger partial charge in [0.25, 0.3) is 0 Å². The summed E-state index contributed by atoms with van der Waals surface area (Å²) in [5.41, 5.74) is 5.58. The number of aliphatic imine (C=N–C) groups is 1. The van der Waals surface area contributed by atoms with E-state index in [1.165, 1.54) is 4.31 Å². The molecule has 1 heterocycles. The SMILES string of the molecule is CCCN=C(N)NCCS(=O)(=O)N1CCOCC1. The normalized spacial score (nSPS) is 18.8. The molecule has 0 bridgehead atoms. The fourth-order valence-electron chi connectivity index (χ4n) is 1.55. The summed E-state index contributed by atoms with van der Waals surface area (Å²) in [6.07, 6.45) is 0.911. The zero-order valence-electron chi connectivity index (χ0n) is 10.8. The van der Waals surface area contributed by atoms with Crippen LogP contribution in [0.15, 0.2) is 4.99 Å². The second kappa shape index (κ2) is 7.55. The Labute approximate surface area is 108 Å². The predicted octanol–water partition coefficient (Wildman–Crippen LogP) is -1.04. The van der Waals surface area contributed by atoms with Crippen LogP contribution in [0.25, 0.3) is 0 Å². The van der Waals surface area contributed by atoms with Gasteiger partial charge in [0.2, 0.25) is 10.0 Å². The summed E-state index contributed by atoms with van der Waals surface area (Å²) in [6, 6.07) is 0. The smallest absolute Gasteiger partial charge is 0.215 e. The molecule has 0 unspecified atom stereocenters. The summed E-state index contributed by atoms with van der Waals surface area (Å²) in [5.74, 6) is 0.323. The van der Waals surface area contributed by atoms with E-state index in [-0.39, 0.29) is 12.3 Å². The standard InChI is InChI=1S/C10H22N4O3S/c1-2-3-12-10(11)13-4-9-18(15,16)14-5-7-17-8-6-14/h2-9H2,1H3,(H3,11,12,13). The van der Waals surface area contributed by atoms with Crippen LogP contribution in [-0.4, -0.2) is 63.8 Å². The minimum Gasteiger partial charge on any atom is -0.379 e. The van der Waals surface area contributed by atoms with Gasteiger partial charge in [-0.1, -0.05) is 6.92 Å². The zero-order valence-corrected chi connectivity index (χ0v) is 11.6. The molecule has 0 spiro atoms. The number of nitrogens with two attached hydrogens (primary N) is 1. The molecule has 3 N–H and O–H groups in total. The number of guanidine groups is 1. The molecule has 18 heavy (non-hydrogen) atoms. The molecule has 1 rings (SSSR count). The van der Waals surface area contributed by atoms with Crippen LogP contribution in [0, 0.1) is 0 Å². The third-order valence-corrected chi connectivity index (χ3v) is 4.41. The van der Waals surface area contributed by atoms with Crippen molar-refractivity contribution in [3.8, 4) is 0 Å². The molecule has 0 radical (unpaired) electrons. The van der Waals surface area contributed by atoms with E-state index in [1.54, 1.807) is 0 Å². The lowest BCUT2D eigenvalue weighted by molar-refractivity contribution is 0.0730. The van der Waals surface area contributed by atoms with Crippen molar-refractivity contribution in [1.82, 2.24) is 9.62 Å². The van der Waals surface area contributed by atoms with Gasteiger partial charge >= 0.3 is 0 Å². The quantitative estimate of drug-likeness (QED) is 0.478. The van der Waals surface area contributed by atoms with E-state index in [2.05, 4.69) is 10.3 Å². The van der Waals surface area contributed by atoms with Crippen LogP contribution in [0.4, 0.5) is 0 Å². The molecule has 0 atom stereocenters. The Kier molecular flexibility index (Phi) is 6.37. The fraction of sp³-hybridized carbons (Fsp3) is 0.900. The summed E-state index contributed by atoms with van der Waals surface area (Å²) < 4.78 is 30.4. The minimum atomic E-state index is -3.22. The lowest BCUT2D eigenvalue weighted by Gasteiger charge is -2.26. The Hall–Kier alpha value is -0.860. The van der Waals surface area contributed by atoms with Crippen LogP contribution in [-0.2, 0) is 14.8 Å². The van der Waals surface area contributed by atoms with Gasteiger partial charge < -0.3 is 15.8 Å². The van der Waals surface area contributed by atoms with Crippen LogP contribution >= 0.6 is 0 Å². The number of sulfonamides is 1. The molecular weight excluding hydrogens is 256 g/mol. The number of hydrogen-bond donors (Lipinski definition) is 2. The van der Waals surface area contributed by atoms with E-state index in [0.717, 1.165) is 6.42 Å². The number of morpholine rings is 1. The second-order valence-electron chi connectivity index (χ2n) is 4.02. The van der Waals surface area contributed by atoms with E-state index in [4.69, 9.17) is 10.5 Å². The summed E-state index contributed by atoms with van der Waals surface area (Å²) in [5, 5.41) is 2.80. The van der Waals surface area contributed by atoms with Crippen LogP contribution < -0.4 is 11.1 Å². The van der Waals surface area contributed by atoms with Gasteiger partial charge in [0.05, 0.1) is 19.0 Å². The Balaban J connectivity index is 2.33. The topological polar surface area (TPSA) is 97.0 Å². The van der Waals surface area contributed by atoms with Crippen molar-refractivity contribution in [2.24, 2.45) is 10.7 Å². The maximum absolute atomic E-state index is 11.9. The van der Waals surface area contributed by atoms with Crippen LogP contribution in [0.2, 0.25) is 0 Å². The first kappa shape index (κ1) is 15.2. The van der Waals surface area contributed by atoms with E-state index in [0.29, 0.717) is 38.8 Å². The van der Waals surface area contributed by atoms with Gasteiger partial charge in [-0.05, 0) is 6.42 Å². The Morgan fingerprint density at radius 3 is 2.72 bits per heavy atom. The van der Waals surface area contributed by atoms with Crippen molar-refractivity contribution in [2.75, 3.05) is 45.1 Å². The lowest BCUT2D eigenvalue weighted by atomic mass is 10.5. The van der Waals surface area contributed by atoms with Gasteiger partial charge in [-0.3, -0.25) is 4.99 Å². The average Bonchev–Trinajstić information content (AvgIpc) is 2.37. The first-order chi connectivity index (χ1) is 8.56. The van der Waals surface area contributed by atoms with E-state index >= 15 is 0 Å². The highest BCUT2D eigenvalue weighted by Gasteiger charge is 2.23.